The van der Waals surface area contributed by atoms with Gasteiger partial charge in [-0.15, -0.1) is 0 Å². The van der Waals surface area contributed by atoms with Gasteiger partial charge in [-0.3, -0.25) is 0 Å². The molecule has 1 aromatic rings. The molecule has 2 aliphatic rings. The molecular weight excluding hydrogens is 212 g/mol. The highest BCUT2D eigenvalue weighted by Gasteiger charge is 2.26. The van der Waals surface area contributed by atoms with Crippen molar-refractivity contribution in [1.82, 2.24) is 10.3 Å². The van der Waals surface area contributed by atoms with Crippen LogP contribution in [0.25, 0.3) is 0 Å². The smallest absolute Gasteiger partial charge is 0.197 e. The van der Waals surface area contributed by atoms with Crippen molar-refractivity contribution in [2.75, 3.05) is 13.1 Å². The minimum atomic E-state index is 0.572. The van der Waals surface area contributed by atoms with E-state index in [9.17, 15) is 0 Å². The molecule has 1 saturated heterocycles. The first-order valence-electron chi connectivity index (χ1n) is 7.02. The van der Waals surface area contributed by atoms with Gasteiger partial charge in [-0.1, -0.05) is 12.8 Å². The second-order valence-corrected chi connectivity index (χ2v) is 5.52. The van der Waals surface area contributed by atoms with E-state index in [1.165, 1.54) is 44.2 Å². The zero-order chi connectivity index (χ0) is 11.7. The zero-order valence-electron chi connectivity index (χ0n) is 10.7. The van der Waals surface area contributed by atoms with Gasteiger partial charge in [-0.2, -0.15) is 0 Å². The van der Waals surface area contributed by atoms with Gasteiger partial charge in [0.2, 0.25) is 0 Å². The Morgan fingerprint density at radius 2 is 1.88 bits per heavy atom. The molecule has 0 bridgehead atoms. The molecule has 1 N–H and O–H groups in total. The van der Waals surface area contributed by atoms with Crippen LogP contribution in [-0.4, -0.2) is 18.1 Å². The molecule has 94 valence electrons. The van der Waals surface area contributed by atoms with Gasteiger partial charge in [-0.25, -0.2) is 4.98 Å². The molecule has 3 nitrogen and oxygen atoms in total. The van der Waals surface area contributed by atoms with E-state index in [-0.39, 0.29) is 0 Å². The summed E-state index contributed by atoms with van der Waals surface area (Å²) in [5, 5.41) is 3.46. The predicted molar refractivity (Wildman–Crippen MR) is 67.3 cm³/mol. The minimum absolute atomic E-state index is 0.572. The highest BCUT2D eigenvalue weighted by molar-refractivity contribution is 5.17. The van der Waals surface area contributed by atoms with Gasteiger partial charge in [0.15, 0.2) is 5.89 Å². The number of nitrogens with one attached hydrogen (secondary N) is 1. The molecule has 0 spiro atoms. The van der Waals surface area contributed by atoms with E-state index in [0.717, 1.165) is 24.7 Å². The first-order valence-corrected chi connectivity index (χ1v) is 7.02. The van der Waals surface area contributed by atoms with Crippen molar-refractivity contribution in [2.24, 2.45) is 0 Å². The summed E-state index contributed by atoms with van der Waals surface area (Å²) in [4.78, 5) is 4.81. The lowest BCUT2D eigenvalue weighted by Crippen LogP contribution is -2.28. The van der Waals surface area contributed by atoms with E-state index in [2.05, 4.69) is 12.2 Å². The van der Waals surface area contributed by atoms with Gasteiger partial charge < -0.3 is 9.73 Å². The van der Waals surface area contributed by atoms with Crippen LogP contribution in [0.2, 0.25) is 0 Å². The van der Waals surface area contributed by atoms with E-state index < -0.39 is 0 Å². The average molecular weight is 234 g/mol. The highest BCUT2D eigenvalue weighted by atomic mass is 16.4. The quantitative estimate of drug-likeness (QED) is 0.854. The fourth-order valence-electron chi connectivity index (χ4n) is 3.24. The van der Waals surface area contributed by atoms with Gasteiger partial charge in [0.05, 0.1) is 5.69 Å². The van der Waals surface area contributed by atoms with Crippen molar-refractivity contribution >= 4 is 0 Å². The molecule has 0 radical (unpaired) electrons. The average Bonchev–Trinajstić information content (AvgIpc) is 2.99. The van der Waals surface area contributed by atoms with E-state index >= 15 is 0 Å². The predicted octanol–water partition coefficient (Wildman–Crippen LogP) is 3.11. The third kappa shape index (κ3) is 2.25. The standard InChI is InChI=1S/C14H22N2O/c1-10-13(12-7-4-8-15-9-12)16-14(17-10)11-5-2-3-6-11/h11-12,15H,2-9H2,1H3. The molecule has 1 aliphatic heterocycles. The number of hydrogen-bond acceptors (Lipinski definition) is 3. The summed E-state index contributed by atoms with van der Waals surface area (Å²) in [7, 11) is 0. The van der Waals surface area contributed by atoms with Gasteiger partial charge in [0, 0.05) is 18.4 Å². The highest BCUT2D eigenvalue weighted by Crippen LogP contribution is 2.36. The van der Waals surface area contributed by atoms with E-state index in [1.807, 2.05) is 0 Å². The summed E-state index contributed by atoms with van der Waals surface area (Å²) in [6.07, 6.45) is 7.73. The Morgan fingerprint density at radius 3 is 2.59 bits per heavy atom. The van der Waals surface area contributed by atoms with Crippen LogP contribution in [-0.2, 0) is 0 Å². The third-order valence-corrected chi connectivity index (χ3v) is 4.24. The molecule has 1 aliphatic carbocycles. The lowest BCUT2D eigenvalue weighted by atomic mass is 9.95. The Hall–Kier alpha value is -0.830. The molecule has 2 fully saturated rings. The molecule has 3 heteroatoms. The maximum absolute atomic E-state index is 5.91. The van der Waals surface area contributed by atoms with Crippen LogP contribution < -0.4 is 5.32 Å². The maximum Gasteiger partial charge on any atom is 0.197 e. The Morgan fingerprint density at radius 1 is 1.12 bits per heavy atom. The molecule has 0 amide bonds. The van der Waals surface area contributed by atoms with Crippen molar-refractivity contribution in [2.45, 2.75) is 57.3 Å². The van der Waals surface area contributed by atoms with Crippen LogP contribution >= 0.6 is 0 Å². The molecule has 1 unspecified atom stereocenters. The number of oxazole rings is 1. The summed E-state index contributed by atoms with van der Waals surface area (Å²) >= 11 is 0. The SMILES string of the molecule is Cc1oc(C2CCCC2)nc1C1CCCNC1. The monoisotopic (exact) mass is 234 g/mol. The number of nitrogens with zero attached hydrogens (tertiary/aromatic N) is 1. The fraction of sp³-hybridized carbons (Fsp3) is 0.786. The second-order valence-electron chi connectivity index (χ2n) is 5.52. The Kier molecular flexibility index (Phi) is 3.19. The van der Waals surface area contributed by atoms with Crippen LogP contribution in [0.3, 0.4) is 0 Å². The Bertz CT molecular complexity index is 374. The molecule has 0 aromatic carbocycles. The molecule has 17 heavy (non-hydrogen) atoms. The molecule has 3 rings (SSSR count). The van der Waals surface area contributed by atoms with Crippen LogP contribution in [0.15, 0.2) is 4.42 Å². The van der Waals surface area contributed by atoms with Crippen molar-refractivity contribution in [1.29, 1.82) is 0 Å². The number of piperidine rings is 1. The van der Waals surface area contributed by atoms with Crippen molar-refractivity contribution in [3.05, 3.63) is 17.3 Å². The molecule has 1 aromatic heterocycles. The number of rotatable bonds is 2. The third-order valence-electron chi connectivity index (χ3n) is 4.24. The summed E-state index contributed by atoms with van der Waals surface area (Å²) < 4.78 is 5.91. The van der Waals surface area contributed by atoms with Crippen molar-refractivity contribution < 1.29 is 4.42 Å². The first-order chi connectivity index (χ1) is 8.34. The topological polar surface area (TPSA) is 38.1 Å². The number of aryl methyl sites for hydroxylation is 1. The van der Waals surface area contributed by atoms with Gasteiger partial charge in [0.25, 0.3) is 0 Å². The van der Waals surface area contributed by atoms with Gasteiger partial charge >= 0.3 is 0 Å². The van der Waals surface area contributed by atoms with Crippen LogP contribution in [0.4, 0.5) is 0 Å². The fourth-order valence-corrected chi connectivity index (χ4v) is 3.24. The summed E-state index contributed by atoms with van der Waals surface area (Å²) in [6.45, 7) is 4.30. The van der Waals surface area contributed by atoms with Crippen LogP contribution in [0.5, 0.6) is 0 Å². The molecule has 2 heterocycles. The maximum atomic E-state index is 5.91. The molecule has 1 saturated carbocycles. The van der Waals surface area contributed by atoms with E-state index in [4.69, 9.17) is 9.40 Å². The minimum Gasteiger partial charge on any atom is -0.445 e. The number of aromatic nitrogens is 1. The summed E-state index contributed by atoms with van der Waals surface area (Å²) in [6, 6.07) is 0. The molecule has 1 atom stereocenters. The largest absolute Gasteiger partial charge is 0.445 e. The summed E-state index contributed by atoms with van der Waals surface area (Å²) in [5.41, 5.74) is 1.22. The summed E-state index contributed by atoms with van der Waals surface area (Å²) in [5.74, 6) is 3.24. The molecular formula is C14H22N2O. The van der Waals surface area contributed by atoms with Crippen molar-refractivity contribution in [3.63, 3.8) is 0 Å². The van der Waals surface area contributed by atoms with Gasteiger partial charge in [-0.05, 0) is 39.2 Å². The Labute approximate surface area is 103 Å². The van der Waals surface area contributed by atoms with Crippen LogP contribution in [0, 0.1) is 6.92 Å². The lowest BCUT2D eigenvalue weighted by molar-refractivity contribution is 0.426. The number of hydrogen-bond donors (Lipinski definition) is 1. The van der Waals surface area contributed by atoms with Gasteiger partial charge in [0.1, 0.15) is 5.76 Å². The van der Waals surface area contributed by atoms with Crippen LogP contribution in [0.1, 0.15) is 67.7 Å². The lowest BCUT2D eigenvalue weighted by Gasteiger charge is -2.21. The normalized spacial score (nSPS) is 26.5. The van der Waals surface area contributed by atoms with E-state index in [0.29, 0.717) is 11.8 Å². The van der Waals surface area contributed by atoms with Crippen molar-refractivity contribution in [3.8, 4) is 0 Å². The van der Waals surface area contributed by atoms with E-state index in [1.54, 1.807) is 0 Å². The second kappa shape index (κ2) is 4.81. The zero-order valence-corrected chi connectivity index (χ0v) is 10.7. The first kappa shape index (κ1) is 11.3. The Balaban J connectivity index is 1.79.